The zero-order valence-electron chi connectivity index (χ0n) is 16.8. The standard InChI is InChI=1S/C16H16NOS.C7H8O3S/c1-13-17(15-9-5-6-10-16(15)19-13)11-12-18-14-7-3-2-4-8-14;1-6-2-4-7(5-3-6)11(8,9)10/h2-10H,11-12H2,1H3;2-5H,1H3,(H,8,9,10)/q+1;/p-1. The Morgan fingerprint density at radius 3 is 2.27 bits per heavy atom. The van der Waals surface area contributed by atoms with Crippen molar-refractivity contribution in [2.75, 3.05) is 6.61 Å². The van der Waals surface area contributed by atoms with Gasteiger partial charge >= 0.3 is 0 Å². The summed E-state index contributed by atoms with van der Waals surface area (Å²) >= 11 is 1.83. The number of benzene rings is 3. The van der Waals surface area contributed by atoms with E-state index in [9.17, 15) is 13.0 Å². The molecule has 0 spiro atoms. The predicted molar refractivity (Wildman–Crippen MR) is 120 cm³/mol. The van der Waals surface area contributed by atoms with E-state index in [-0.39, 0.29) is 4.90 Å². The molecule has 1 aromatic heterocycles. The van der Waals surface area contributed by atoms with Crippen LogP contribution in [-0.2, 0) is 16.7 Å². The van der Waals surface area contributed by atoms with E-state index in [1.807, 2.05) is 48.6 Å². The lowest BCUT2D eigenvalue weighted by Crippen LogP contribution is -2.08. The van der Waals surface area contributed by atoms with Crippen LogP contribution >= 0.6 is 11.3 Å². The second-order valence-corrected chi connectivity index (χ2v) is 9.28. The molecule has 7 heteroatoms. The van der Waals surface area contributed by atoms with Crippen LogP contribution in [0.5, 0.6) is 5.75 Å². The SMILES string of the molecule is C[c+]1sc2ccccc2n1CCOc1ccccc1.Cc1ccc(S(=O)(=O)[O-])cc1. The van der Waals surface area contributed by atoms with Gasteiger partial charge in [0.2, 0.25) is 5.52 Å². The van der Waals surface area contributed by atoms with E-state index in [4.69, 9.17) is 4.74 Å². The van der Waals surface area contributed by atoms with Gasteiger partial charge in [0.15, 0.2) is 9.71 Å². The van der Waals surface area contributed by atoms with Gasteiger partial charge in [-0.25, -0.2) is 13.0 Å². The first-order chi connectivity index (χ1) is 14.3. The average Bonchev–Trinajstić information content (AvgIpc) is 3.04. The average molecular weight is 442 g/mol. The summed E-state index contributed by atoms with van der Waals surface area (Å²) in [6.07, 6.45) is 0. The summed E-state index contributed by atoms with van der Waals surface area (Å²) in [6.45, 7) is 5.55. The Bertz CT molecular complexity index is 1200. The van der Waals surface area contributed by atoms with Gasteiger partial charge in [-0.3, -0.25) is 0 Å². The molecule has 0 fully saturated rings. The minimum absolute atomic E-state index is 0.178. The smallest absolute Gasteiger partial charge is 0.204 e. The fraction of sp³-hybridized carbons (Fsp3) is 0.174. The van der Waals surface area contributed by atoms with Gasteiger partial charge in [0.05, 0.1) is 11.4 Å². The summed E-state index contributed by atoms with van der Waals surface area (Å²) < 4.78 is 40.6. The van der Waals surface area contributed by atoms with Crippen LogP contribution in [0.25, 0.3) is 10.2 Å². The second kappa shape index (κ2) is 9.84. The van der Waals surface area contributed by atoms with Crippen LogP contribution in [0.15, 0.2) is 83.8 Å². The second-order valence-electron chi connectivity index (χ2n) is 6.67. The first-order valence-electron chi connectivity index (χ1n) is 9.43. The number of thiazole rings is 1. The van der Waals surface area contributed by atoms with E-state index < -0.39 is 10.1 Å². The maximum Gasteiger partial charge on any atom is 0.204 e. The van der Waals surface area contributed by atoms with Crippen LogP contribution in [-0.4, -0.2) is 24.1 Å². The number of aromatic nitrogens is 1. The topological polar surface area (TPSA) is 71.4 Å². The molecule has 0 radical (unpaired) electrons. The molecular weight excluding hydrogens is 418 g/mol. The normalized spacial score (nSPS) is 11.0. The zero-order valence-corrected chi connectivity index (χ0v) is 18.4. The third-order valence-corrected chi connectivity index (χ3v) is 6.36. The number of nitrogens with zero attached hydrogens (tertiary/aromatic N) is 1. The first-order valence-corrected chi connectivity index (χ1v) is 11.7. The van der Waals surface area contributed by atoms with Crippen molar-refractivity contribution in [2.24, 2.45) is 0 Å². The van der Waals surface area contributed by atoms with Gasteiger partial charge < -0.3 is 9.29 Å². The lowest BCUT2D eigenvalue weighted by atomic mass is 10.2. The molecule has 5 nitrogen and oxygen atoms in total. The molecule has 0 aliphatic carbocycles. The molecular formula is C23H23NO4S2. The summed E-state index contributed by atoms with van der Waals surface area (Å²) in [5.74, 6) is 0.931. The van der Waals surface area contributed by atoms with Gasteiger partial charge in [-0.05, 0) is 43.3 Å². The Labute approximate surface area is 181 Å². The highest BCUT2D eigenvalue weighted by atomic mass is 32.2. The number of fused-ring (bicyclic) bond motifs is 1. The van der Waals surface area contributed by atoms with Crippen LogP contribution in [0.3, 0.4) is 0 Å². The van der Waals surface area contributed by atoms with E-state index >= 15 is 0 Å². The quantitative estimate of drug-likeness (QED) is 0.312. The fourth-order valence-corrected chi connectivity index (χ4v) is 4.42. The highest BCUT2D eigenvalue weighted by Crippen LogP contribution is 2.25. The third kappa shape index (κ3) is 5.89. The minimum Gasteiger partial charge on any atom is -0.744 e. The molecule has 0 unspecified atom stereocenters. The molecule has 30 heavy (non-hydrogen) atoms. The summed E-state index contributed by atoms with van der Waals surface area (Å²) in [5.41, 5.74) is 2.22. The largest absolute Gasteiger partial charge is 0.744 e. The molecule has 0 aliphatic heterocycles. The number of hydrogen-bond donors (Lipinski definition) is 0. The van der Waals surface area contributed by atoms with Crippen molar-refractivity contribution >= 4 is 31.7 Å². The van der Waals surface area contributed by atoms with Crippen LogP contribution in [0.4, 0.5) is 0 Å². The molecule has 0 saturated heterocycles. The lowest BCUT2D eigenvalue weighted by molar-refractivity contribution is 0.300. The van der Waals surface area contributed by atoms with Gasteiger partial charge in [0.25, 0.3) is 0 Å². The van der Waals surface area contributed by atoms with Crippen molar-refractivity contribution in [1.82, 2.24) is 4.57 Å². The van der Waals surface area contributed by atoms with E-state index in [1.54, 1.807) is 12.1 Å². The van der Waals surface area contributed by atoms with Crippen molar-refractivity contribution < 1.29 is 17.7 Å². The molecule has 0 amide bonds. The summed E-state index contributed by atoms with van der Waals surface area (Å²) in [7, 11) is -4.27. The number of rotatable bonds is 5. The Balaban J connectivity index is 0.000000199. The van der Waals surface area contributed by atoms with Crippen molar-refractivity contribution in [3.63, 3.8) is 0 Å². The van der Waals surface area contributed by atoms with Crippen molar-refractivity contribution in [1.29, 1.82) is 0 Å². The summed E-state index contributed by atoms with van der Waals surface area (Å²) in [5, 5.41) is 1.32. The number of ether oxygens (including phenoxy) is 1. The van der Waals surface area contributed by atoms with Gasteiger partial charge in [-0.2, -0.15) is 0 Å². The molecule has 4 aromatic rings. The number of hydrogen-bond acceptors (Lipinski definition) is 5. The number of aryl methyl sites for hydroxylation is 2. The van der Waals surface area contributed by atoms with Gasteiger partial charge in [0.1, 0.15) is 22.5 Å². The molecule has 4 rings (SSSR count). The van der Waals surface area contributed by atoms with E-state index in [1.165, 1.54) is 27.4 Å². The molecule has 0 N–H and O–H groups in total. The maximum absolute atomic E-state index is 10.4. The molecule has 156 valence electrons. The highest BCUT2D eigenvalue weighted by molar-refractivity contribution is 7.85. The van der Waals surface area contributed by atoms with Crippen molar-refractivity contribution in [3.05, 3.63) is 89.4 Å². The van der Waals surface area contributed by atoms with E-state index in [0.717, 1.165) is 17.9 Å². The minimum atomic E-state index is -4.27. The van der Waals surface area contributed by atoms with Gasteiger partial charge in [-0.1, -0.05) is 35.9 Å². The zero-order chi connectivity index (χ0) is 21.6. The van der Waals surface area contributed by atoms with Crippen LogP contribution in [0, 0.1) is 13.8 Å². The Kier molecular flexibility index (Phi) is 7.20. The summed E-state index contributed by atoms with van der Waals surface area (Å²) in [6, 6.07) is 24.3. The Hall–Kier alpha value is -2.74. The highest BCUT2D eigenvalue weighted by Gasteiger charge is 2.15. The molecule has 0 aliphatic rings. The van der Waals surface area contributed by atoms with Crippen molar-refractivity contribution in [3.8, 4) is 5.75 Å². The molecule has 1 heterocycles. The Morgan fingerprint density at radius 1 is 0.967 bits per heavy atom. The van der Waals surface area contributed by atoms with Crippen molar-refractivity contribution in [2.45, 2.75) is 25.3 Å². The van der Waals surface area contributed by atoms with Crippen LogP contribution in [0.1, 0.15) is 10.6 Å². The van der Waals surface area contributed by atoms with E-state index in [0.29, 0.717) is 6.61 Å². The number of para-hydroxylation sites is 2. The molecule has 3 aromatic carbocycles. The molecule has 0 saturated carbocycles. The lowest BCUT2D eigenvalue weighted by Gasteiger charge is -2.05. The monoisotopic (exact) mass is 441 g/mol. The summed E-state index contributed by atoms with van der Waals surface area (Å²) in [4.78, 5) is -0.178. The third-order valence-electron chi connectivity index (χ3n) is 4.43. The maximum atomic E-state index is 10.4. The van der Waals surface area contributed by atoms with Gasteiger partial charge in [0, 0.05) is 30.4 Å². The fourth-order valence-electron chi connectivity index (χ4n) is 2.90. The van der Waals surface area contributed by atoms with E-state index in [2.05, 4.69) is 35.8 Å². The van der Waals surface area contributed by atoms with Gasteiger partial charge in [-0.15, -0.1) is 0 Å². The Morgan fingerprint density at radius 2 is 1.60 bits per heavy atom. The first kappa shape index (κ1) is 22.0. The van der Waals surface area contributed by atoms with Crippen LogP contribution < -0.4 is 4.74 Å². The van der Waals surface area contributed by atoms with Crippen LogP contribution in [0.2, 0.25) is 0 Å². The molecule has 0 atom stereocenters. The predicted octanol–water partition coefficient (Wildman–Crippen LogP) is 5.27. The molecule has 0 bridgehead atoms.